The fourth-order valence-corrected chi connectivity index (χ4v) is 2.57. The molecule has 2 heterocycles. The minimum atomic E-state index is -0.564. The average Bonchev–Trinajstić information content (AvgIpc) is 3.13. The van der Waals surface area contributed by atoms with Crippen LogP contribution in [0.1, 0.15) is 32.3 Å². The van der Waals surface area contributed by atoms with Gasteiger partial charge in [-0.1, -0.05) is 13.8 Å². The molecular formula is C14H17N3O2. The Bertz CT molecular complexity index is 535. The van der Waals surface area contributed by atoms with E-state index in [0.717, 1.165) is 18.4 Å². The summed E-state index contributed by atoms with van der Waals surface area (Å²) in [7, 11) is 0. The maximum Gasteiger partial charge on any atom is 0.325 e. The van der Waals surface area contributed by atoms with Crippen LogP contribution in [-0.4, -0.2) is 33.9 Å². The molecule has 0 aromatic carbocycles. The average molecular weight is 259 g/mol. The lowest BCUT2D eigenvalue weighted by Gasteiger charge is -2.29. The van der Waals surface area contributed by atoms with Gasteiger partial charge in [-0.3, -0.25) is 14.7 Å². The van der Waals surface area contributed by atoms with Gasteiger partial charge in [0.1, 0.15) is 5.54 Å². The number of aromatic nitrogens is 1. The molecule has 19 heavy (non-hydrogen) atoms. The molecule has 1 aromatic heterocycles. The smallest absolute Gasteiger partial charge is 0.323 e. The first-order chi connectivity index (χ1) is 8.95. The van der Waals surface area contributed by atoms with Gasteiger partial charge in [0.15, 0.2) is 0 Å². The lowest BCUT2D eigenvalue weighted by molar-refractivity contribution is -0.128. The third-order valence-electron chi connectivity index (χ3n) is 4.01. The van der Waals surface area contributed by atoms with Gasteiger partial charge in [-0.05, 0) is 30.5 Å². The molecule has 1 N–H and O–H groups in total. The molecule has 1 aromatic rings. The molecule has 0 unspecified atom stereocenters. The molecular weight excluding hydrogens is 242 g/mol. The molecule has 5 nitrogen and oxygen atoms in total. The van der Waals surface area contributed by atoms with E-state index in [2.05, 4.69) is 10.3 Å². The van der Waals surface area contributed by atoms with Crippen LogP contribution in [0.25, 0.3) is 0 Å². The molecule has 0 atom stereocenters. The number of carbonyl (C=O) groups excluding carboxylic acids is 2. The summed E-state index contributed by atoms with van der Waals surface area (Å²) < 4.78 is 0. The molecule has 1 saturated heterocycles. The highest BCUT2D eigenvalue weighted by Gasteiger charge is 2.59. The number of pyridine rings is 1. The van der Waals surface area contributed by atoms with E-state index in [1.54, 1.807) is 12.4 Å². The van der Waals surface area contributed by atoms with Crippen molar-refractivity contribution in [3.8, 4) is 0 Å². The highest BCUT2D eigenvalue weighted by atomic mass is 16.2. The van der Waals surface area contributed by atoms with Crippen molar-refractivity contribution in [2.75, 3.05) is 6.54 Å². The van der Waals surface area contributed by atoms with Crippen molar-refractivity contribution < 1.29 is 9.59 Å². The summed E-state index contributed by atoms with van der Waals surface area (Å²) in [6, 6.07) is 3.58. The Morgan fingerprint density at radius 2 is 1.95 bits per heavy atom. The lowest BCUT2D eigenvalue weighted by atomic mass is 9.84. The van der Waals surface area contributed by atoms with Gasteiger partial charge in [-0.2, -0.15) is 0 Å². The Labute approximate surface area is 112 Å². The Morgan fingerprint density at radius 1 is 1.32 bits per heavy atom. The van der Waals surface area contributed by atoms with Crippen LogP contribution in [0.3, 0.4) is 0 Å². The molecule has 3 rings (SSSR count). The molecule has 2 fully saturated rings. The zero-order valence-corrected chi connectivity index (χ0v) is 11.1. The quantitative estimate of drug-likeness (QED) is 0.836. The molecule has 2 aliphatic rings. The molecule has 0 radical (unpaired) electrons. The fourth-order valence-electron chi connectivity index (χ4n) is 2.57. The molecule has 3 amide bonds. The number of nitrogens with one attached hydrogen (secondary N) is 1. The zero-order chi connectivity index (χ0) is 13.7. The van der Waals surface area contributed by atoms with Crippen LogP contribution in [0.2, 0.25) is 0 Å². The number of hydrogen-bond donors (Lipinski definition) is 1. The van der Waals surface area contributed by atoms with Gasteiger partial charge >= 0.3 is 6.03 Å². The topological polar surface area (TPSA) is 62.3 Å². The first-order valence-corrected chi connectivity index (χ1v) is 6.49. The molecule has 1 aliphatic heterocycles. The third-order valence-corrected chi connectivity index (χ3v) is 4.01. The molecule has 1 aliphatic carbocycles. The van der Waals surface area contributed by atoms with Gasteiger partial charge in [0, 0.05) is 24.4 Å². The Morgan fingerprint density at radius 3 is 2.47 bits per heavy atom. The van der Waals surface area contributed by atoms with E-state index in [1.807, 2.05) is 26.0 Å². The van der Waals surface area contributed by atoms with E-state index in [0.29, 0.717) is 6.54 Å². The monoisotopic (exact) mass is 259 g/mol. The van der Waals surface area contributed by atoms with Crippen LogP contribution in [0.15, 0.2) is 24.5 Å². The zero-order valence-electron chi connectivity index (χ0n) is 11.1. The van der Waals surface area contributed by atoms with Crippen molar-refractivity contribution in [3.63, 3.8) is 0 Å². The first-order valence-electron chi connectivity index (χ1n) is 6.49. The predicted octanol–water partition coefficient (Wildman–Crippen LogP) is 1.44. The summed E-state index contributed by atoms with van der Waals surface area (Å²) in [6.45, 7) is 4.45. The van der Waals surface area contributed by atoms with Crippen LogP contribution in [0.5, 0.6) is 0 Å². The molecule has 1 spiro atoms. The van der Waals surface area contributed by atoms with Crippen LogP contribution >= 0.6 is 0 Å². The van der Waals surface area contributed by atoms with E-state index in [9.17, 15) is 9.59 Å². The van der Waals surface area contributed by atoms with Gasteiger partial charge in [-0.25, -0.2) is 4.79 Å². The predicted molar refractivity (Wildman–Crippen MR) is 69.5 cm³/mol. The van der Waals surface area contributed by atoms with Crippen molar-refractivity contribution in [2.45, 2.75) is 37.6 Å². The van der Waals surface area contributed by atoms with Crippen molar-refractivity contribution in [2.24, 2.45) is 0 Å². The van der Waals surface area contributed by atoms with Gasteiger partial charge in [0.2, 0.25) is 0 Å². The number of nitrogens with zero attached hydrogens (tertiary/aromatic N) is 2. The van der Waals surface area contributed by atoms with Crippen LogP contribution in [-0.2, 0) is 10.2 Å². The third kappa shape index (κ3) is 1.89. The normalized spacial score (nSPS) is 20.8. The SMILES string of the molecule is CC(C)(CN1C(=O)NC2(CC2)C1=O)c1ccncc1. The Balaban J connectivity index is 1.81. The van der Waals surface area contributed by atoms with Gasteiger partial charge in [0.25, 0.3) is 5.91 Å². The number of urea groups is 1. The van der Waals surface area contributed by atoms with Crippen molar-refractivity contribution >= 4 is 11.9 Å². The molecule has 1 saturated carbocycles. The Hall–Kier alpha value is -1.91. The van der Waals surface area contributed by atoms with Crippen LogP contribution in [0, 0.1) is 0 Å². The van der Waals surface area contributed by atoms with Crippen molar-refractivity contribution in [1.82, 2.24) is 15.2 Å². The van der Waals surface area contributed by atoms with E-state index in [-0.39, 0.29) is 17.4 Å². The number of hydrogen-bond acceptors (Lipinski definition) is 3. The fraction of sp³-hybridized carbons (Fsp3) is 0.500. The number of rotatable bonds is 3. The summed E-state index contributed by atoms with van der Waals surface area (Å²) in [5.74, 6) is -0.0698. The van der Waals surface area contributed by atoms with Crippen LogP contribution < -0.4 is 5.32 Å². The second-order valence-electron chi connectivity index (χ2n) is 6.02. The summed E-state index contributed by atoms with van der Waals surface area (Å²) in [5, 5.41) is 2.80. The summed E-state index contributed by atoms with van der Waals surface area (Å²) >= 11 is 0. The maximum atomic E-state index is 12.2. The molecule has 100 valence electrons. The highest BCUT2D eigenvalue weighted by molar-refractivity contribution is 6.08. The number of amides is 3. The Kier molecular flexibility index (Phi) is 2.42. The number of imide groups is 1. The summed E-state index contributed by atoms with van der Waals surface area (Å²) in [6.07, 6.45) is 4.99. The molecule has 0 bridgehead atoms. The minimum absolute atomic E-state index is 0.0698. The summed E-state index contributed by atoms with van der Waals surface area (Å²) in [4.78, 5) is 29.5. The van der Waals surface area contributed by atoms with Crippen molar-refractivity contribution in [3.05, 3.63) is 30.1 Å². The summed E-state index contributed by atoms with van der Waals surface area (Å²) in [5.41, 5.74) is 0.224. The van der Waals surface area contributed by atoms with Gasteiger partial charge < -0.3 is 5.32 Å². The van der Waals surface area contributed by atoms with Crippen molar-refractivity contribution in [1.29, 1.82) is 0 Å². The van der Waals surface area contributed by atoms with Gasteiger partial charge in [-0.15, -0.1) is 0 Å². The largest absolute Gasteiger partial charge is 0.325 e. The van der Waals surface area contributed by atoms with Crippen LogP contribution in [0.4, 0.5) is 4.79 Å². The van der Waals surface area contributed by atoms with E-state index >= 15 is 0 Å². The highest BCUT2D eigenvalue weighted by Crippen LogP contribution is 2.41. The van der Waals surface area contributed by atoms with E-state index in [1.165, 1.54) is 4.90 Å². The minimum Gasteiger partial charge on any atom is -0.323 e. The second kappa shape index (κ2) is 3.79. The van der Waals surface area contributed by atoms with E-state index in [4.69, 9.17) is 0 Å². The first kappa shape index (κ1) is 12.1. The molecule has 5 heteroatoms. The number of carbonyl (C=O) groups is 2. The van der Waals surface area contributed by atoms with E-state index < -0.39 is 5.54 Å². The standard InChI is InChI=1S/C14H17N3O2/c1-13(2,10-3-7-15-8-4-10)9-17-11(18)14(5-6-14)16-12(17)19/h3-4,7-8H,5-6,9H2,1-2H3,(H,16,19). The lowest BCUT2D eigenvalue weighted by Crippen LogP contribution is -2.41. The van der Waals surface area contributed by atoms with Gasteiger partial charge in [0.05, 0.1) is 0 Å². The second-order valence-corrected chi connectivity index (χ2v) is 6.02. The maximum absolute atomic E-state index is 12.2.